The molecule has 0 spiro atoms. The molecule has 4 atom stereocenters. The lowest BCUT2D eigenvalue weighted by atomic mass is 9.85. The monoisotopic (exact) mass is 432 g/mol. The maximum Gasteiger partial charge on any atom is 0.238 e. The molecule has 0 unspecified atom stereocenters. The molecule has 2 aromatic carbocycles. The topological polar surface area (TPSA) is 50.3 Å². The Balaban J connectivity index is 1.26. The third-order valence-electron chi connectivity index (χ3n) is 6.53. The van der Waals surface area contributed by atoms with Crippen molar-refractivity contribution in [1.29, 1.82) is 0 Å². The van der Waals surface area contributed by atoms with Gasteiger partial charge in [0.05, 0.1) is 27.7 Å². The van der Waals surface area contributed by atoms with Crippen molar-refractivity contribution < 1.29 is 9.59 Å². The zero-order valence-electron chi connectivity index (χ0n) is 16.4. The summed E-state index contributed by atoms with van der Waals surface area (Å²) in [5.74, 6) is 0.961. The van der Waals surface area contributed by atoms with Crippen LogP contribution in [0.15, 0.2) is 59.0 Å². The maximum absolute atomic E-state index is 13.1. The van der Waals surface area contributed by atoms with E-state index < -0.39 is 0 Å². The molecule has 2 fully saturated rings. The van der Waals surface area contributed by atoms with Crippen LogP contribution in [0.4, 0.5) is 5.69 Å². The molecule has 2 aliphatic carbocycles. The number of anilines is 1. The van der Waals surface area contributed by atoms with Crippen LogP contribution in [0.5, 0.6) is 0 Å². The first-order valence-electron chi connectivity index (χ1n) is 10.2. The van der Waals surface area contributed by atoms with Crippen molar-refractivity contribution in [3.05, 3.63) is 65.7 Å². The second-order valence-electron chi connectivity index (χ2n) is 8.42. The van der Waals surface area contributed by atoms with Crippen LogP contribution in [-0.2, 0) is 15.3 Å². The zero-order chi connectivity index (χ0) is 20.4. The van der Waals surface area contributed by atoms with Crippen LogP contribution in [0.25, 0.3) is 10.2 Å². The Kier molecular flexibility index (Phi) is 4.15. The van der Waals surface area contributed by atoms with Crippen molar-refractivity contribution in [2.24, 2.45) is 23.7 Å². The van der Waals surface area contributed by atoms with Crippen LogP contribution in [-0.4, -0.2) is 16.8 Å². The molecule has 1 aromatic heterocycles. The zero-order valence-corrected chi connectivity index (χ0v) is 18.1. The fourth-order valence-electron chi connectivity index (χ4n) is 5.20. The van der Waals surface area contributed by atoms with Crippen LogP contribution in [0, 0.1) is 30.6 Å². The van der Waals surface area contributed by atoms with Crippen LogP contribution >= 0.6 is 23.1 Å². The molecule has 2 bridgehead atoms. The molecule has 1 aliphatic heterocycles. The van der Waals surface area contributed by atoms with Crippen molar-refractivity contribution in [2.45, 2.75) is 23.4 Å². The molecule has 2 heterocycles. The molecule has 0 radical (unpaired) electrons. The van der Waals surface area contributed by atoms with Gasteiger partial charge in [-0.1, -0.05) is 53.7 Å². The largest absolute Gasteiger partial charge is 0.274 e. The molecular formula is C24H20N2O2S2. The Morgan fingerprint density at radius 2 is 1.83 bits per heavy atom. The average molecular weight is 433 g/mol. The van der Waals surface area contributed by atoms with Crippen molar-refractivity contribution in [1.82, 2.24) is 4.98 Å². The summed E-state index contributed by atoms with van der Waals surface area (Å²) in [6, 6.07) is 14.3. The van der Waals surface area contributed by atoms with E-state index in [0.29, 0.717) is 5.69 Å². The summed E-state index contributed by atoms with van der Waals surface area (Å²) in [5.41, 5.74) is 4.14. The minimum absolute atomic E-state index is 0.0280. The van der Waals surface area contributed by atoms with Crippen LogP contribution in [0.3, 0.4) is 0 Å². The van der Waals surface area contributed by atoms with E-state index in [1.165, 1.54) is 16.0 Å². The summed E-state index contributed by atoms with van der Waals surface area (Å²) in [4.78, 5) is 32.3. The van der Waals surface area contributed by atoms with Gasteiger partial charge in [0.2, 0.25) is 11.8 Å². The van der Waals surface area contributed by atoms with E-state index in [9.17, 15) is 9.59 Å². The second-order valence-corrected chi connectivity index (χ2v) is 10.7. The average Bonchev–Trinajstić information content (AvgIpc) is 3.49. The molecule has 6 heteroatoms. The number of carbonyl (C=O) groups is 2. The van der Waals surface area contributed by atoms with E-state index in [1.54, 1.807) is 23.1 Å². The molecule has 6 rings (SSSR count). The maximum atomic E-state index is 13.1. The number of imide groups is 1. The smallest absolute Gasteiger partial charge is 0.238 e. The Morgan fingerprint density at radius 3 is 2.57 bits per heavy atom. The van der Waals surface area contributed by atoms with Gasteiger partial charge in [-0.3, -0.25) is 9.59 Å². The Morgan fingerprint density at radius 1 is 1.07 bits per heavy atom. The minimum atomic E-state index is -0.162. The number of amides is 2. The SMILES string of the molecule is Cc1cccc(CSc2nc3ccc(N4C(=O)[C@H]5[C@H](C4=O)[C@H]4C=C[C@H]5C4)cc3s2)c1. The number of benzene rings is 2. The number of thioether (sulfide) groups is 1. The number of allylic oxidation sites excluding steroid dienone is 2. The number of thiazole rings is 1. The normalized spacial score (nSPS) is 26.9. The van der Waals surface area contributed by atoms with Crippen molar-refractivity contribution in [2.75, 3.05) is 4.90 Å². The van der Waals surface area contributed by atoms with Gasteiger partial charge < -0.3 is 0 Å². The van der Waals surface area contributed by atoms with Gasteiger partial charge in [-0.25, -0.2) is 9.88 Å². The molecule has 2 amide bonds. The predicted octanol–water partition coefficient (Wildman–Crippen LogP) is 5.21. The highest BCUT2D eigenvalue weighted by molar-refractivity contribution is 8.00. The first kappa shape index (κ1) is 18.3. The number of rotatable bonds is 4. The van der Waals surface area contributed by atoms with E-state index in [1.807, 2.05) is 18.2 Å². The Hall–Kier alpha value is -2.44. The molecule has 4 nitrogen and oxygen atoms in total. The van der Waals surface area contributed by atoms with Gasteiger partial charge in [0.1, 0.15) is 0 Å². The van der Waals surface area contributed by atoms with E-state index in [2.05, 4.69) is 43.3 Å². The highest BCUT2D eigenvalue weighted by Gasteiger charge is 2.59. The van der Waals surface area contributed by atoms with Gasteiger partial charge in [0.25, 0.3) is 0 Å². The van der Waals surface area contributed by atoms with Gasteiger partial charge in [-0.05, 0) is 48.9 Å². The number of fused-ring (bicyclic) bond motifs is 6. The second kappa shape index (κ2) is 6.79. The van der Waals surface area contributed by atoms with E-state index >= 15 is 0 Å². The van der Waals surface area contributed by atoms with E-state index in [-0.39, 0.29) is 35.5 Å². The molecule has 0 N–H and O–H groups in total. The van der Waals surface area contributed by atoms with Gasteiger partial charge >= 0.3 is 0 Å². The summed E-state index contributed by atoms with van der Waals surface area (Å²) < 4.78 is 2.01. The fraction of sp³-hybridized carbons (Fsp3) is 0.292. The molecule has 30 heavy (non-hydrogen) atoms. The quantitative estimate of drug-likeness (QED) is 0.323. The number of nitrogens with zero attached hydrogens (tertiary/aromatic N) is 2. The lowest BCUT2D eigenvalue weighted by molar-refractivity contribution is -0.123. The number of aryl methyl sites for hydroxylation is 1. The van der Waals surface area contributed by atoms with Crippen LogP contribution < -0.4 is 4.90 Å². The third-order valence-corrected chi connectivity index (χ3v) is 8.76. The van der Waals surface area contributed by atoms with Crippen molar-refractivity contribution >= 4 is 50.8 Å². The molecule has 1 saturated carbocycles. The first-order chi connectivity index (χ1) is 14.6. The summed E-state index contributed by atoms with van der Waals surface area (Å²) in [6.45, 7) is 2.10. The summed E-state index contributed by atoms with van der Waals surface area (Å²) >= 11 is 3.34. The van der Waals surface area contributed by atoms with Crippen LogP contribution in [0.2, 0.25) is 0 Å². The predicted molar refractivity (Wildman–Crippen MR) is 121 cm³/mol. The number of hydrogen-bond donors (Lipinski definition) is 0. The van der Waals surface area contributed by atoms with Gasteiger partial charge in [-0.15, -0.1) is 11.3 Å². The first-order valence-corrected chi connectivity index (χ1v) is 12.0. The third kappa shape index (κ3) is 2.77. The number of aromatic nitrogens is 1. The molecule has 1 saturated heterocycles. The fourth-order valence-corrected chi connectivity index (χ4v) is 7.24. The van der Waals surface area contributed by atoms with Gasteiger partial charge in [0, 0.05) is 5.75 Å². The number of carbonyl (C=O) groups excluding carboxylic acids is 2. The standard InChI is InChI=1S/C24H20N2O2S2/c1-13-3-2-4-14(9-13)12-29-24-25-18-8-7-17(11-19(18)30-24)26-22(27)20-15-5-6-16(10-15)21(20)23(26)28/h2-9,11,15-16,20-21H,10,12H2,1H3/t15-,16-,20+,21+/m0/s1. The summed E-state index contributed by atoms with van der Waals surface area (Å²) in [7, 11) is 0. The van der Waals surface area contributed by atoms with Gasteiger partial charge in [-0.2, -0.15) is 0 Å². The highest BCUT2D eigenvalue weighted by Crippen LogP contribution is 2.53. The molecule has 3 aromatic rings. The highest BCUT2D eigenvalue weighted by atomic mass is 32.2. The minimum Gasteiger partial charge on any atom is -0.274 e. The van der Waals surface area contributed by atoms with E-state index in [0.717, 1.165) is 26.7 Å². The summed E-state index contributed by atoms with van der Waals surface area (Å²) in [6.07, 6.45) is 5.21. The van der Waals surface area contributed by atoms with Gasteiger partial charge in [0.15, 0.2) is 4.34 Å². The summed E-state index contributed by atoms with van der Waals surface area (Å²) in [5, 5.41) is 0. The lowest BCUT2D eigenvalue weighted by Crippen LogP contribution is -2.32. The Bertz CT molecular complexity index is 1200. The molecule has 3 aliphatic rings. The lowest BCUT2D eigenvalue weighted by Gasteiger charge is -2.17. The molecular weight excluding hydrogens is 412 g/mol. The Labute approximate surface area is 183 Å². The van der Waals surface area contributed by atoms with Crippen LogP contribution in [0.1, 0.15) is 17.5 Å². The molecule has 150 valence electrons. The van der Waals surface area contributed by atoms with E-state index in [4.69, 9.17) is 4.98 Å². The number of hydrogen-bond acceptors (Lipinski definition) is 5. The van der Waals surface area contributed by atoms with Crippen molar-refractivity contribution in [3.63, 3.8) is 0 Å². The van der Waals surface area contributed by atoms with Crippen molar-refractivity contribution in [3.8, 4) is 0 Å².